The number of anilines is 2. The van der Waals surface area contributed by atoms with Gasteiger partial charge in [-0.1, -0.05) is 47.7 Å². The molecule has 6 rings (SSSR count). The summed E-state index contributed by atoms with van der Waals surface area (Å²) < 4.78 is 3.40. The van der Waals surface area contributed by atoms with Crippen LogP contribution in [-0.2, 0) is 25.9 Å². The maximum atomic E-state index is 13.5. The second-order valence-electron chi connectivity index (χ2n) is 10.1. The van der Waals surface area contributed by atoms with Gasteiger partial charge in [0.2, 0.25) is 0 Å². The number of fused-ring (bicyclic) bond motifs is 1. The SMILES string of the molecule is CCn1cc(Cc2ccc(Cc3ccc(N4CCn5ncc(C(=O)Nc6cccc(C#N)c6)c5C4=O)cc3)cc2)nn1. The van der Waals surface area contributed by atoms with Crippen molar-refractivity contribution in [1.29, 1.82) is 5.26 Å². The smallest absolute Gasteiger partial charge is 0.277 e. The Bertz CT molecular complexity index is 1800. The van der Waals surface area contributed by atoms with Crippen molar-refractivity contribution >= 4 is 23.2 Å². The highest BCUT2D eigenvalue weighted by Crippen LogP contribution is 2.25. The largest absolute Gasteiger partial charge is 0.322 e. The van der Waals surface area contributed by atoms with Gasteiger partial charge in [0.25, 0.3) is 11.8 Å². The number of rotatable bonds is 8. The van der Waals surface area contributed by atoms with Gasteiger partial charge in [0, 0.05) is 37.1 Å². The van der Waals surface area contributed by atoms with E-state index in [1.54, 1.807) is 33.8 Å². The maximum Gasteiger partial charge on any atom is 0.277 e. The van der Waals surface area contributed by atoms with Crippen molar-refractivity contribution in [2.24, 2.45) is 0 Å². The third-order valence-electron chi connectivity index (χ3n) is 7.29. The quantitative estimate of drug-likeness (QED) is 0.301. The number of benzene rings is 3. The summed E-state index contributed by atoms with van der Waals surface area (Å²) in [5.41, 5.74) is 6.58. The molecular formula is C32H28N8O2. The molecule has 0 unspecified atom stereocenters. The number of nitrogens with one attached hydrogen (secondary N) is 1. The molecular weight excluding hydrogens is 528 g/mol. The molecule has 0 fully saturated rings. The van der Waals surface area contributed by atoms with Crippen LogP contribution >= 0.6 is 0 Å². The molecule has 208 valence electrons. The molecule has 2 aromatic heterocycles. The summed E-state index contributed by atoms with van der Waals surface area (Å²) in [6.07, 6.45) is 4.91. The Morgan fingerprint density at radius 3 is 2.38 bits per heavy atom. The molecule has 1 N–H and O–H groups in total. The van der Waals surface area contributed by atoms with Crippen LogP contribution < -0.4 is 10.2 Å². The second kappa shape index (κ2) is 11.5. The van der Waals surface area contributed by atoms with Crippen molar-refractivity contribution in [3.05, 3.63) is 124 Å². The summed E-state index contributed by atoms with van der Waals surface area (Å²) in [7, 11) is 0. The predicted octanol–water partition coefficient (Wildman–Crippen LogP) is 4.46. The Kier molecular flexibility index (Phi) is 7.30. The van der Waals surface area contributed by atoms with Crippen molar-refractivity contribution in [3.63, 3.8) is 0 Å². The van der Waals surface area contributed by atoms with E-state index < -0.39 is 5.91 Å². The van der Waals surface area contributed by atoms with Gasteiger partial charge in [-0.15, -0.1) is 5.10 Å². The van der Waals surface area contributed by atoms with E-state index in [0.29, 0.717) is 24.3 Å². The van der Waals surface area contributed by atoms with E-state index in [1.165, 1.54) is 17.3 Å². The molecule has 3 heterocycles. The number of amides is 2. The Balaban J connectivity index is 1.12. The van der Waals surface area contributed by atoms with E-state index in [1.807, 2.05) is 42.1 Å². The van der Waals surface area contributed by atoms with Gasteiger partial charge in [-0.3, -0.25) is 19.0 Å². The van der Waals surface area contributed by atoms with Gasteiger partial charge < -0.3 is 10.2 Å². The van der Waals surface area contributed by atoms with Crippen LogP contribution in [-0.4, -0.2) is 43.1 Å². The summed E-state index contributed by atoms with van der Waals surface area (Å²) in [6, 6.07) is 25.1. The molecule has 0 saturated heterocycles. The van der Waals surface area contributed by atoms with Crippen LogP contribution in [0.15, 0.2) is 85.2 Å². The van der Waals surface area contributed by atoms with Crippen LogP contribution in [0.25, 0.3) is 0 Å². The van der Waals surface area contributed by atoms with Crippen LogP contribution in [0.3, 0.4) is 0 Å². The van der Waals surface area contributed by atoms with Gasteiger partial charge in [0.05, 0.1) is 35.6 Å². The van der Waals surface area contributed by atoms with E-state index in [0.717, 1.165) is 36.3 Å². The maximum absolute atomic E-state index is 13.5. The van der Waals surface area contributed by atoms with E-state index in [4.69, 9.17) is 5.26 Å². The summed E-state index contributed by atoms with van der Waals surface area (Å²) in [5, 5.41) is 24.5. The number of carbonyl (C=O) groups excluding carboxylic acids is 2. The first kappa shape index (κ1) is 26.7. The number of nitriles is 1. The normalized spacial score (nSPS) is 12.6. The lowest BCUT2D eigenvalue weighted by Gasteiger charge is -2.28. The first-order valence-electron chi connectivity index (χ1n) is 13.8. The van der Waals surface area contributed by atoms with Gasteiger partial charge in [0.1, 0.15) is 5.69 Å². The van der Waals surface area contributed by atoms with Gasteiger partial charge in [0.15, 0.2) is 0 Å². The third-order valence-corrected chi connectivity index (χ3v) is 7.29. The van der Waals surface area contributed by atoms with Crippen molar-refractivity contribution in [2.45, 2.75) is 32.9 Å². The average molecular weight is 557 g/mol. The number of nitrogens with zero attached hydrogens (tertiary/aromatic N) is 7. The molecule has 10 heteroatoms. The minimum Gasteiger partial charge on any atom is -0.322 e. The fourth-order valence-electron chi connectivity index (χ4n) is 5.07. The summed E-state index contributed by atoms with van der Waals surface area (Å²) in [5.74, 6) is -0.729. The molecule has 3 aromatic carbocycles. The Morgan fingerprint density at radius 1 is 0.976 bits per heavy atom. The fourth-order valence-corrected chi connectivity index (χ4v) is 5.07. The van der Waals surface area contributed by atoms with Crippen molar-refractivity contribution < 1.29 is 9.59 Å². The monoisotopic (exact) mass is 556 g/mol. The van der Waals surface area contributed by atoms with Gasteiger partial charge in [-0.25, -0.2) is 0 Å². The zero-order valence-electron chi connectivity index (χ0n) is 23.1. The van der Waals surface area contributed by atoms with Crippen LogP contribution in [0, 0.1) is 11.3 Å². The molecule has 0 spiro atoms. The highest BCUT2D eigenvalue weighted by Gasteiger charge is 2.32. The minimum absolute atomic E-state index is 0.196. The molecule has 0 bridgehead atoms. The number of carbonyl (C=O) groups is 2. The molecule has 10 nitrogen and oxygen atoms in total. The molecule has 0 atom stereocenters. The van der Waals surface area contributed by atoms with Crippen LogP contribution in [0.4, 0.5) is 11.4 Å². The lowest BCUT2D eigenvalue weighted by Crippen LogP contribution is -2.41. The summed E-state index contributed by atoms with van der Waals surface area (Å²) in [6.45, 7) is 3.77. The second-order valence-corrected chi connectivity index (χ2v) is 10.1. The fraction of sp³-hybridized carbons (Fsp3) is 0.188. The molecule has 0 saturated carbocycles. The molecule has 0 radical (unpaired) electrons. The topological polar surface area (TPSA) is 122 Å². The van der Waals surface area contributed by atoms with Crippen molar-refractivity contribution in [3.8, 4) is 6.07 Å². The standard InChI is InChI=1S/C32H28N8O2/c1-2-38-21-27(36-37-38)17-24-8-6-22(7-9-24)16-23-10-12-28(13-11-23)39-14-15-40-30(32(39)42)29(20-34-40)31(41)35-26-5-3-4-25(18-26)19-33/h3-13,18,20-21H,2,14-17H2,1H3,(H,35,41). The van der Waals surface area contributed by atoms with E-state index in [2.05, 4.69) is 51.1 Å². The average Bonchev–Trinajstić information content (AvgIpc) is 3.67. The first-order chi connectivity index (χ1) is 20.5. The van der Waals surface area contributed by atoms with Crippen LogP contribution in [0.2, 0.25) is 0 Å². The molecule has 5 aromatic rings. The predicted molar refractivity (Wildman–Crippen MR) is 157 cm³/mol. The van der Waals surface area contributed by atoms with Crippen molar-refractivity contribution in [1.82, 2.24) is 24.8 Å². The Morgan fingerprint density at radius 2 is 1.69 bits per heavy atom. The van der Waals surface area contributed by atoms with E-state index in [-0.39, 0.29) is 17.2 Å². The zero-order valence-corrected chi connectivity index (χ0v) is 23.1. The molecule has 0 aliphatic carbocycles. The number of hydrogen-bond donors (Lipinski definition) is 1. The molecule has 1 aliphatic rings. The Hall–Kier alpha value is -5.56. The van der Waals surface area contributed by atoms with Crippen LogP contribution in [0.5, 0.6) is 0 Å². The van der Waals surface area contributed by atoms with E-state index in [9.17, 15) is 9.59 Å². The molecule has 2 amide bonds. The third kappa shape index (κ3) is 5.53. The number of aromatic nitrogens is 5. The highest BCUT2D eigenvalue weighted by atomic mass is 16.2. The zero-order chi connectivity index (χ0) is 29.1. The number of hydrogen-bond acceptors (Lipinski definition) is 6. The molecule has 42 heavy (non-hydrogen) atoms. The highest BCUT2D eigenvalue weighted by molar-refractivity contribution is 6.15. The lowest BCUT2D eigenvalue weighted by molar-refractivity contribution is 0.0947. The van der Waals surface area contributed by atoms with Gasteiger partial charge >= 0.3 is 0 Å². The Labute approximate surface area is 242 Å². The van der Waals surface area contributed by atoms with E-state index >= 15 is 0 Å². The van der Waals surface area contributed by atoms with Gasteiger partial charge in [-0.2, -0.15) is 10.4 Å². The van der Waals surface area contributed by atoms with Crippen LogP contribution in [0.1, 0.15) is 55.7 Å². The minimum atomic E-state index is -0.449. The summed E-state index contributed by atoms with van der Waals surface area (Å²) >= 11 is 0. The molecule has 1 aliphatic heterocycles. The summed E-state index contributed by atoms with van der Waals surface area (Å²) in [4.78, 5) is 28.3. The lowest BCUT2D eigenvalue weighted by atomic mass is 10.0. The van der Waals surface area contributed by atoms with Crippen molar-refractivity contribution in [2.75, 3.05) is 16.8 Å². The van der Waals surface area contributed by atoms with Gasteiger partial charge in [-0.05, 0) is 60.4 Å². The first-order valence-corrected chi connectivity index (χ1v) is 13.8. The number of aryl methyl sites for hydroxylation is 1.